The second kappa shape index (κ2) is 16.8. The summed E-state index contributed by atoms with van der Waals surface area (Å²) >= 11 is 0. The van der Waals surface area contributed by atoms with E-state index >= 15 is 0 Å². The lowest BCUT2D eigenvalue weighted by molar-refractivity contribution is -0.143. The first-order valence-electron chi connectivity index (χ1n) is 10.5. The van der Waals surface area contributed by atoms with Crippen LogP contribution in [0.1, 0.15) is 84.0 Å². The van der Waals surface area contributed by atoms with Gasteiger partial charge in [-0.15, -0.1) is 0 Å². The molecule has 0 aliphatic rings. The fourth-order valence-corrected chi connectivity index (χ4v) is 2.85. The van der Waals surface area contributed by atoms with Crippen molar-refractivity contribution in [2.45, 2.75) is 96.1 Å². The largest absolute Gasteiger partial charge is 0.481 e. The summed E-state index contributed by atoms with van der Waals surface area (Å²) in [6.07, 6.45) is 9.48. The van der Waals surface area contributed by atoms with Crippen LogP contribution in [0.4, 0.5) is 0 Å². The zero-order valence-corrected chi connectivity index (χ0v) is 17.3. The number of aliphatic carboxylic acids is 2. The third kappa shape index (κ3) is 14.5. The molecule has 0 saturated carbocycles. The molecule has 0 unspecified atom stereocenters. The molecule has 0 spiro atoms. The van der Waals surface area contributed by atoms with Crippen LogP contribution in [0.3, 0.4) is 0 Å². The first-order valence-corrected chi connectivity index (χ1v) is 10.5. The third-order valence-electron chi connectivity index (χ3n) is 4.60. The summed E-state index contributed by atoms with van der Waals surface area (Å²) in [5, 5.41) is 31.6. The molecule has 5 N–H and O–H groups in total. The van der Waals surface area contributed by atoms with Crippen LogP contribution in [0.5, 0.6) is 0 Å². The van der Waals surface area contributed by atoms with Crippen molar-refractivity contribution in [3.05, 3.63) is 0 Å². The van der Waals surface area contributed by atoms with Gasteiger partial charge in [-0.2, -0.15) is 0 Å². The predicted octanol–water partition coefficient (Wildman–Crippen LogP) is 1.82. The Kier molecular flexibility index (Phi) is 15.5. The van der Waals surface area contributed by atoms with Crippen molar-refractivity contribution in [2.75, 3.05) is 6.61 Å². The van der Waals surface area contributed by atoms with E-state index < -0.39 is 43.0 Å². The number of rotatable bonds is 18. The van der Waals surface area contributed by atoms with Gasteiger partial charge in [0.1, 0.15) is 12.1 Å². The quantitative estimate of drug-likeness (QED) is 0.214. The van der Waals surface area contributed by atoms with Gasteiger partial charge < -0.3 is 26.0 Å². The Morgan fingerprint density at radius 3 is 1.79 bits per heavy atom. The molecule has 0 aliphatic heterocycles. The second-order valence-electron chi connectivity index (χ2n) is 7.21. The normalized spacial score (nSPS) is 12.8. The summed E-state index contributed by atoms with van der Waals surface area (Å²) in [4.78, 5) is 45.8. The van der Waals surface area contributed by atoms with Crippen molar-refractivity contribution in [3.63, 3.8) is 0 Å². The fraction of sp³-hybridized carbons (Fsp3) is 0.800. The molecule has 9 nitrogen and oxygen atoms in total. The lowest BCUT2D eigenvalue weighted by atomic mass is 10.1. The highest BCUT2D eigenvalue weighted by Crippen LogP contribution is 2.10. The van der Waals surface area contributed by atoms with Gasteiger partial charge in [0.05, 0.1) is 6.61 Å². The molecule has 168 valence electrons. The summed E-state index contributed by atoms with van der Waals surface area (Å²) in [7, 11) is 0. The summed E-state index contributed by atoms with van der Waals surface area (Å²) < 4.78 is 0. The van der Waals surface area contributed by atoms with Gasteiger partial charge in [-0.05, 0) is 12.8 Å². The minimum Gasteiger partial charge on any atom is -0.481 e. The maximum absolute atomic E-state index is 12.1. The molecule has 9 heteroatoms. The van der Waals surface area contributed by atoms with Gasteiger partial charge in [-0.3, -0.25) is 14.4 Å². The molecular weight excluding hydrogens is 380 g/mol. The zero-order chi connectivity index (χ0) is 22.1. The number of carboxylic acid groups (broad SMARTS) is 2. The molecule has 2 atom stereocenters. The standard InChI is InChI=1S/C20H36N2O7/c1-2-3-4-5-6-7-8-9-10-11-17(24)21-16(14-23)19(27)22-15(20(28)29)12-13-18(25)26/h15-16,23H,2-14H2,1H3,(H,21,24)(H,22,27)(H,25,26)(H,28,29)/t15-,16+/m1/s1. The number of aliphatic hydroxyl groups excluding tert-OH is 1. The Balaban J connectivity index is 4.14. The predicted molar refractivity (Wildman–Crippen MR) is 107 cm³/mol. The van der Waals surface area contributed by atoms with Crippen LogP contribution in [0.2, 0.25) is 0 Å². The molecule has 0 aliphatic carbocycles. The Hall–Kier alpha value is -2.16. The number of hydrogen-bond acceptors (Lipinski definition) is 5. The Labute approximate surface area is 172 Å². The smallest absolute Gasteiger partial charge is 0.326 e. The van der Waals surface area contributed by atoms with Crippen LogP contribution in [0, 0.1) is 0 Å². The van der Waals surface area contributed by atoms with E-state index in [0.717, 1.165) is 19.3 Å². The molecule has 0 aromatic carbocycles. The summed E-state index contributed by atoms with van der Waals surface area (Å²) in [6, 6.07) is -2.67. The zero-order valence-electron chi connectivity index (χ0n) is 17.3. The summed E-state index contributed by atoms with van der Waals surface area (Å²) in [6.45, 7) is 1.50. The van der Waals surface area contributed by atoms with E-state index in [0.29, 0.717) is 6.42 Å². The van der Waals surface area contributed by atoms with Gasteiger partial charge in [0, 0.05) is 12.8 Å². The van der Waals surface area contributed by atoms with E-state index in [1.54, 1.807) is 0 Å². The van der Waals surface area contributed by atoms with Crippen LogP contribution in [0.15, 0.2) is 0 Å². The van der Waals surface area contributed by atoms with Crippen LogP contribution >= 0.6 is 0 Å². The van der Waals surface area contributed by atoms with Crippen molar-refractivity contribution in [3.8, 4) is 0 Å². The van der Waals surface area contributed by atoms with E-state index in [1.807, 2.05) is 0 Å². The minimum atomic E-state index is -1.40. The van der Waals surface area contributed by atoms with Gasteiger partial charge in [0.25, 0.3) is 0 Å². The van der Waals surface area contributed by atoms with Gasteiger partial charge in [0.2, 0.25) is 11.8 Å². The topological polar surface area (TPSA) is 153 Å². The lowest BCUT2D eigenvalue weighted by Gasteiger charge is -2.19. The van der Waals surface area contributed by atoms with Gasteiger partial charge in [0.15, 0.2) is 0 Å². The van der Waals surface area contributed by atoms with Crippen molar-refractivity contribution >= 4 is 23.8 Å². The highest BCUT2D eigenvalue weighted by molar-refractivity contribution is 5.90. The maximum atomic E-state index is 12.1. The molecule has 29 heavy (non-hydrogen) atoms. The average molecular weight is 417 g/mol. The Bertz CT molecular complexity index is 511. The number of carbonyl (C=O) groups excluding carboxylic acids is 2. The molecule has 0 heterocycles. The molecule has 0 aromatic rings. The number of carbonyl (C=O) groups is 4. The lowest BCUT2D eigenvalue weighted by Crippen LogP contribution is -2.53. The Morgan fingerprint density at radius 1 is 0.759 bits per heavy atom. The molecule has 0 rings (SSSR count). The first kappa shape index (κ1) is 26.8. The van der Waals surface area contributed by atoms with Crippen LogP contribution in [-0.4, -0.2) is 57.8 Å². The summed E-state index contributed by atoms with van der Waals surface area (Å²) in [5.41, 5.74) is 0. The number of amides is 2. The highest BCUT2D eigenvalue weighted by Gasteiger charge is 2.26. The van der Waals surface area contributed by atoms with Crippen molar-refractivity contribution in [1.29, 1.82) is 0 Å². The number of hydrogen-bond donors (Lipinski definition) is 5. The SMILES string of the molecule is CCCCCCCCCCCC(=O)N[C@@H](CO)C(=O)N[C@H](CCC(=O)O)C(=O)O. The van der Waals surface area contributed by atoms with Gasteiger partial charge in [-0.1, -0.05) is 58.3 Å². The van der Waals surface area contributed by atoms with E-state index in [-0.39, 0.29) is 18.7 Å². The fourth-order valence-electron chi connectivity index (χ4n) is 2.85. The van der Waals surface area contributed by atoms with E-state index in [4.69, 9.17) is 10.2 Å². The van der Waals surface area contributed by atoms with Crippen LogP contribution in [-0.2, 0) is 19.2 Å². The van der Waals surface area contributed by atoms with E-state index in [1.165, 1.54) is 32.1 Å². The van der Waals surface area contributed by atoms with Crippen LogP contribution < -0.4 is 10.6 Å². The number of unbranched alkanes of at least 4 members (excludes halogenated alkanes) is 8. The number of aliphatic hydroxyl groups is 1. The van der Waals surface area contributed by atoms with Gasteiger partial charge in [-0.25, -0.2) is 4.79 Å². The number of carboxylic acids is 2. The second-order valence-corrected chi connectivity index (χ2v) is 7.21. The Morgan fingerprint density at radius 2 is 1.31 bits per heavy atom. The van der Waals surface area contributed by atoms with Crippen molar-refractivity contribution < 1.29 is 34.5 Å². The first-order chi connectivity index (χ1) is 13.8. The molecule has 0 bridgehead atoms. The third-order valence-corrected chi connectivity index (χ3v) is 4.60. The average Bonchev–Trinajstić information content (AvgIpc) is 2.67. The van der Waals surface area contributed by atoms with E-state index in [2.05, 4.69) is 17.6 Å². The molecular formula is C20H36N2O7. The minimum absolute atomic E-state index is 0.223. The summed E-state index contributed by atoms with van der Waals surface area (Å²) in [5.74, 6) is -3.80. The van der Waals surface area contributed by atoms with Crippen molar-refractivity contribution in [1.82, 2.24) is 10.6 Å². The molecule has 0 radical (unpaired) electrons. The molecule has 0 saturated heterocycles. The highest BCUT2D eigenvalue weighted by atomic mass is 16.4. The monoisotopic (exact) mass is 416 g/mol. The molecule has 2 amide bonds. The van der Waals surface area contributed by atoms with Crippen LogP contribution in [0.25, 0.3) is 0 Å². The van der Waals surface area contributed by atoms with E-state index in [9.17, 15) is 24.3 Å². The number of nitrogens with one attached hydrogen (secondary N) is 2. The van der Waals surface area contributed by atoms with Crippen molar-refractivity contribution in [2.24, 2.45) is 0 Å². The molecule has 0 fully saturated rings. The molecule has 0 aromatic heterocycles. The maximum Gasteiger partial charge on any atom is 0.326 e. The van der Waals surface area contributed by atoms with Gasteiger partial charge >= 0.3 is 11.9 Å².